The second kappa shape index (κ2) is 6.99. The predicted octanol–water partition coefficient (Wildman–Crippen LogP) is 3.01. The molecule has 0 bridgehead atoms. The largest absolute Gasteiger partial charge is 0.381 e. The number of ether oxygens (including phenoxy) is 1. The minimum atomic E-state index is -0.391. The standard InChI is InChI=1S/C13H18BrN3O3/c1-16(5-2-10-3-6-20-7-4-10)13-12(17(18)19)8-11(14)9-15-13/h8-10H,2-7H2,1H3. The Kier molecular flexibility index (Phi) is 5.31. The summed E-state index contributed by atoms with van der Waals surface area (Å²) < 4.78 is 5.95. The van der Waals surface area contributed by atoms with Gasteiger partial charge in [0.2, 0.25) is 5.82 Å². The minimum absolute atomic E-state index is 0.0360. The molecule has 0 atom stereocenters. The molecule has 1 aromatic rings. The van der Waals surface area contributed by atoms with Crippen molar-refractivity contribution in [3.05, 3.63) is 26.9 Å². The molecule has 1 fully saturated rings. The maximum absolute atomic E-state index is 11.1. The fraction of sp³-hybridized carbons (Fsp3) is 0.615. The molecule has 6 nitrogen and oxygen atoms in total. The molecule has 0 N–H and O–H groups in total. The second-order valence-electron chi connectivity index (χ2n) is 5.02. The third kappa shape index (κ3) is 3.89. The molecule has 0 amide bonds. The lowest BCUT2D eigenvalue weighted by molar-refractivity contribution is -0.384. The number of aromatic nitrogens is 1. The Labute approximate surface area is 126 Å². The monoisotopic (exact) mass is 343 g/mol. The van der Waals surface area contributed by atoms with Crippen molar-refractivity contribution in [3.8, 4) is 0 Å². The van der Waals surface area contributed by atoms with E-state index in [1.165, 1.54) is 6.07 Å². The van der Waals surface area contributed by atoms with Crippen LogP contribution in [0.25, 0.3) is 0 Å². The van der Waals surface area contributed by atoms with Gasteiger partial charge in [0.15, 0.2) is 0 Å². The molecule has 0 unspecified atom stereocenters. The van der Waals surface area contributed by atoms with Crippen molar-refractivity contribution in [2.45, 2.75) is 19.3 Å². The SMILES string of the molecule is CN(CCC1CCOCC1)c1ncc(Br)cc1[N+](=O)[O-]. The molecule has 1 aliphatic rings. The first-order valence-corrected chi connectivity index (χ1v) is 7.46. The van der Waals surface area contributed by atoms with Gasteiger partial charge in [-0.15, -0.1) is 0 Å². The minimum Gasteiger partial charge on any atom is -0.381 e. The van der Waals surface area contributed by atoms with E-state index in [2.05, 4.69) is 20.9 Å². The van der Waals surface area contributed by atoms with E-state index in [4.69, 9.17) is 4.74 Å². The maximum atomic E-state index is 11.1. The highest BCUT2D eigenvalue weighted by Crippen LogP contribution is 2.28. The van der Waals surface area contributed by atoms with Crippen LogP contribution in [0.3, 0.4) is 0 Å². The van der Waals surface area contributed by atoms with Crippen LogP contribution in [0.15, 0.2) is 16.7 Å². The van der Waals surface area contributed by atoms with E-state index in [0.29, 0.717) is 16.2 Å². The van der Waals surface area contributed by atoms with E-state index in [1.54, 1.807) is 6.20 Å². The molecule has 1 aliphatic heterocycles. The lowest BCUT2D eigenvalue weighted by atomic mass is 9.96. The Morgan fingerprint density at radius 1 is 1.55 bits per heavy atom. The molecule has 0 aromatic carbocycles. The number of pyridine rings is 1. The third-order valence-corrected chi connectivity index (χ3v) is 4.02. The van der Waals surface area contributed by atoms with E-state index in [1.807, 2.05) is 11.9 Å². The summed E-state index contributed by atoms with van der Waals surface area (Å²) in [4.78, 5) is 16.7. The summed E-state index contributed by atoms with van der Waals surface area (Å²) in [5, 5.41) is 11.1. The molecule has 0 saturated carbocycles. The fourth-order valence-corrected chi connectivity index (χ4v) is 2.69. The molecule has 0 radical (unpaired) electrons. The van der Waals surface area contributed by atoms with Crippen molar-refractivity contribution in [1.82, 2.24) is 4.98 Å². The van der Waals surface area contributed by atoms with Gasteiger partial charge in [-0.1, -0.05) is 0 Å². The van der Waals surface area contributed by atoms with E-state index in [0.717, 1.165) is 39.0 Å². The Bertz CT molecular complexity index is 478. The van der Waals surface area contributed by atoms with Crippen LogP contribution in [0, 0.1) is 16.0 Å². The number of halogens is 1. The molecule has 1 saturated heterocycles. The van der Waals surface area contributed by atoms with Crippen molar-refractivity contribution < 1.29 is 9.66 Å². The van der Waals surface area contributed by atoms with Crippen LogP contribution in [0.4, 0.5) is 11.5 Å². The Balaban J connectivity index is 2.01. The summed E-state index contributed by atoms with van der Waals surface area (Å²) in [5.74, 6) is 1.06. The molecule has 20 heavy (non-hydrogen) atoms. The van der Waals surface area contributed by atoms with Gasteiger partial charge in [-0.2, -0.15) is 0 Å². The lowest BCUT2D eigenvalue weighted by Crippen LogP contribution is -2.25. The molecule has 2 rings (SSSR count). The van der Waals surface area contributed by atoms with Crippen molar-refractivity contribution in [3.63, 3.8) is 0 Å². The van der Waals surface area contributed by atoms with Crippen LogP contribution < -0.4 is 4.90 Å². The number of anilines is 1. The summed E-state index contributed by atoms with van der Waals surface area (Å²) in [6.45, 7) is 2.41. The smallest absolute Gasteiger partial charge is 0.312 e. The third-order valence-electron chi connectivity index (χ3n) is 3.59. The molecule has 2 heterocycles. The summed E-state index contributed by atoms with van der Waals surface area (Å²) in [7, 11) is 1.85. The summed E-state index contributed by atoms with van der Waals surface area (Å²) in [6, 6.07) is 1.49. The van der Waals surface area contributed by atoms with Gasteiger partial charge < -0.3 is 9.64 Å². The van der Waals surface area contributed by atoms with Crippen LogP contribution >= 0.6 is 15.9 Å². The van der Waals surface area contributed by atoms with Gasteiger partial charge in [-0.25, -0.2) is 4.98 Å². The zero-order chi connectivity index (χ0) is 14.5. The van der Waals surface area contributed by atoms with Crippen LogP contribution in [0.5, 0.6) is 0 Å². The van der Waals surface area contributed by atoms with Crippen LogP contribution in [0.1, 0.15) is 19.3 Å². The van der Waals surface area contributed by atoms with Gasteiger partial charge in [-0.3, -0.25) is 10.1 Å². The van der Waals surface area contributed by atoms with Crippen LogP contribution in [-0.2, 0) is 4.74 Å². The van der Waals surface area contributed by atoms with Gasteiger partial charge in [0.05, 0.1) is 4.92 Å². The van der Waals surface area contributed by atoms with Crippen molar-refractivity contribution >= 4 is 27.4 Å². The zero-order valence-corrected chi connectivity index (χ0v) is 13.0. The quantitative estimate of drug-likeness (QED) is 0.607. The zero-order valence-electron chi connectivity index (χ0n) is 11.4. The number of hydrogen-bond donors (Lipinski definition) is 0. The van der Waals surface area contributed by atoms with Gasteiger partial charge in [0, 0.05) is 43.5 Å². The Morgan fingerprint density at radius 3 is 2.90 bits per heavy atom. The van der Waals surface area contributed by atoms with Crippen LogP contribution in [-0.4, -0.2) is 36.7 Å². The number of nitrogens with zero attached hydrogens (tertiary/aromatic N) is 3. The van der Waals surface area contributed by atoms with E-state index in [9.17, 15) is 10.1 Å². The normalized spacial score (nSPS) is 16.1. The van der Waals surface area contributed by atoms with E-state index >= 15 is 0 Å². The highest BCUT2D eigenvalue weighted by atomic mass is 79.9. The van der Waals surface area contributed by atoms with Crippen molar-refractivity contribution in [1.29, 1.82) is 0 Å². The maximum Gasteiger partial charge on any atom is 0.312 e. The molecule has 110 valence electrons. The molecule has 0 aliphatic carbocycles. The topological polar surface area (TPSA) is 68.5 Å². The first-order valence-electron chi connectivity index (χ1n) is 6.66. The second-order valence-corrected chi connectivity index (χ2v) is 5.94. The highest BCUT2D eigenvalue weighted by molar-refractivity contribution is 9.10. The molecular formula is C13H18BrN3O3. The Hall–Kier alpha value is -1.21. The van der Waals surface area contributed by atoms with Crippen molar-refractivity contribution in [2.75, 3.05) is 31.7 Å². The molecular weight excluding hydrogens is 326 g/mol. The number of hydrogen-bond acceptors (Lipinski definition) is 5. The summed E-state index contributed by atoms with van der Waals surface area (Å²) >= 11 is 3.22. The van der Waals surface area contributed by atoms with Gasteiger partial charge in [0.1, 0.15) is 0 Å². The molecule has 7 heteroatoms. The number of rotatable bonds is 5. The van der Waals surface area contributed by atoms with Crippen LogP contribution in [0.2, 0.25) is 0 Å². The Morgan fingerprint density at radius 2 is 2.25 bits per heavy atom. The predicted molar refractivity (Wildman–Crippen MR) is 80.0 cm³/mol. The van der Waals surface area contributed by atoms with E-state index in [-0.39, 0.29) is 5.69 Å². The summed E-state index contributed by atoms with van der Waals surface area (Å²) in [5.41, 5.74) is 0.0360. The molecule has 1 aromatic heterocycles. The highest BCUT2D eigenvalue weighted by Gasteiger charge is 2.21. The first-order chi connectivity index (χ1) is 9.58. The lowest BCUT2D eigenvalue weighted by Gasteiger charge is -2.25. The first kappa shape index (κ1) is 15.2. The summed E-state index contributed by atoms with van der Waals surface area (Å²) in [6.07, 6.45) is 4.75. The van der Waals surface area contributed by atoms with Gasteiger partial charge in [0.25, 0.3) is 0 Å². The van der Waals surface area contributed by atoms with Gasteiger partial charge in [-0.05, 0) is 41.1 Å². The number of nitro groups is 1. The average Bonchev–Trinajstić information content (AvgIpc) is 2.45. The van der Waals surface area contributed by atoms with Gasteiger partial charge >= 0.3 is 5.69 Å². The fourth-order valence-electron chi connectivity index (χ4n) is 2.37. The van der Waals surface area contributed by atoms with E-state index < -0.39 is 4.92 Å². The van der Waals surface area contributed by atoms with Crippen molar-refractivity contribution in [2.24, 2.45) is 5.92 Å². The molecule has 0 spiro atoms. The average molecular weight is 344 g/mol.